The second kappa shape index (κ2) is 6.44. The first kappa shape index (κ1) is 17.4. The number of amides is 1. The summed E-state index contributed by atoms with van der Waals surface area (Å²) in [7, 11) is -1.71. The number of halogens is 1. The van der Waals surface area contributed by atoms with Crippen LogP contribution in [0.15, 0.2) is 24.3 Å². The summed E-state index contributed by atoms with van der Waals surface area (Å²) in [5.74, 6) is -0.0441. The van der Waals surface area contributed by atoms with Crippen LogP contribution < -0.4 is 0 Å². The average Bonchev–Trinajstić information content (AvgIpc) is 2.78. The molecule has 2 aliphatic heterocycles. The van der Waals surface area contributed by atoms with Crippen molar-refractivity contribution in [3.63, 3.8) is 0 Å². The summed E-state index contributed by atoms with van der Waals surface area (Å²) < 4.78 is 37.8. The Bertz CT molecular complexity index is 706. The van der Waals surface area contributed by atoms with Gasteiger partial charge < -0.3 is 4.90 Å². The monoisotopic (exact) mass is 354 g/mol. The number of rotatable bonds is 4. The van der Waals surface area contributed by atoms with E-state index >= 15 is 0 Å². The summed E-state index contributed by atoms with van der Waals surface area (Å²) >= 11 is 0. The van der Waals surface area contributed by atoms with Gasteiger partial charge in [0.25, 0.3) is 5.91 Å². The summed E-state index contributed by atoms with van der Waals surface area (Å²) in [5.41, 5.74) is 1.40. The minimum Gasteiger partial charge on any atom is -0.332 e. The van der Waals surface area contributed by atoms with Gasteiger partial charge in [0.15, 0.2) is 0 Å². The standard InChI is InChI=1S/C17H23FN2O3S/c1-19(24(2,22)23)11-12-3-5-13(6-4-12)17(21)20-15-7-8-16(20)10-14(18)9-15/h3-6,14-16H,7-11H2,1-2H3. The molecule has 0 aliphatic carbocycles. The number of fused-ring (bicyclic) bond motifs is 2. The van der Waals surface area contributed by atoms with E-state index in [0.29, 0.717) is 18.4 Å². The lowest BCUT2D eigenvalue weighted by Gasteiger charge is -2.36. The lowest BCUT2D eigenvalue weighted by Crippen LogP contribution is -2.47. The quantitative estimate of drug-likeness (QED) is 0.833. The zero-order chi connectivity index (χ0) is 17.5. The third kappa shape index (κ3) is 3.47. The van der Waals surface area contributed by atoms with Crippen molar-refractivity contribution in [3.8, 4) is 0 Å². The van der Waals surface area contributed by atoms with E-state index in [2.05, 4.69) is 0 Å². The average molecular weight is 354 g/mol. The van der Waals surface area contributed by atoms with Crippen LogP contribution in [-0.4, -0.2) is 55.1 Å². The topological polar surface area (TPSA) is 57.7 Å². The molecular formula is C17H23FN2O3S. The minimum atomic E-state index is -3.23. The van der Waals surface area contributed by atoms with E-state index in [1.54, 1.807) is 24.3 Å². The van der Waals surface area contributed by atoms with Crippen molar-refractivity contribution in [2.45, 2.75) is 50.5 Å². The van der Waals surface area contributed by atoms with Gasteiger partial charge in [0, 0.05) is 31.2 Å². The largest absolute Gasteiger partial charge is 0.332 e. The van der Waals surface area contributed by atoms with Crippen molar-refractivity contribution in [2.24, 2.45) is 0 Å². The highest BCUT2D eigenvalue weighted by molar-refractivity contribution is 7.88. The first-order valence-corrected chi connectivity index (χ1v) is 10.1. The zero-order valence-electron chi connectivity index (χ0n) is 14.0. The van der Waals surface area contributed by atoms with Crippen molar-refractivity contribution >= 4 is 15.9 Å². The molecule has 1 aromatic carbocycles. The molecule has 3 rings (SSSR count). The lowest BCUT2D eigenvalue weighted by molar-refractivity contribution is 0.0479. The highest BCUT2D eigenvalue weighted by Gasteiger charge is 2.43. The van der Waals surface area contributed by atoms with Crippen LogP contribution in [0, 0.1) is 0 Å². The minimum absolute atomic E-state index is 0.0160. The molecule has 1 aromatic rings. The van der Waals surface area contributed by atoms with E-state index < -0.39 is 16.2 Å². The van der Waals surface area contributed by atoms with Gasteiger partial charge in [-0.1, -0.05) is 12.1 Å². The Kier molecular flexibility index (Phi) is 4.66. The van der Waals surface area contributed by atoms with Crippen LogP contribution in [-0.2, 0) is 16.6 Å². The van der Waals surface area contributed by atoms with Crippen molar-refractivity contribution in [1.82, 2.24) is 9.21 Å². The maximum Gasteiger partial charge on any atom is 0.254 e. The van der Waals surface area contributed by atoms with Crippen LogP contribution in [0.5, 0.6) is 0 Å². The number of hydrogen-bond donors (Lipinski definition) is 0. The summed E-state index contributed by atoms with van der Waals surface area (Å²) in [5, 5.41) is 0. The molecule has 132 valence electrons. The molecular weight excluding hydrogens is 331 g/mol. The van der Waals surface area contributed by atoms with Crippen molar-refractivity contribution in [2.75, 3.05) is 13.3 Å². The molecule has 24 heavy (non-hydrogen) atoms. The number of hydrogen-bond acceptors (Lipinski definition) is 3. The molecule has 2 fully saturated rings. The molecule has 2 aliphatic rings. The number of alkyl halides is 1. The molecule has 2 unspecified atom stereocenters. The maximum atomic E-state index is 13.6. The Labute approximate surface area is 142 Å². The second-order valence-electron chi connectivity index (χ2n) is 6.88. The van der Waals surface area contributed by atoms with Gasteiger partial charge in [-0.2, -0.15) is 0 Å². The van der Waals surface area contributed by atoms with Crippen LogP contribution in [0.4, 0.5) is 4.39 Å². The van der Waals surface area contributed by atoms with Gasteiger partial charge in [-0.05, 0) is 43.4 Å². The van der Waals surface area contributed by atoms with Gasteiger partial charge in [0.1, 0.15) is 6.17 Å². The number of nitrogens with zero attached hydrogens (tertiary/aromatic N) is 2. The van der Waals surface area contributed by atoms with Gasteiger partial charge in [0.2, 0.25) is 10.0 Å². The Balaban J connectivity index is 1.71. The number of sulfonamides is 1. The van der Waals surface area contributed by atoms with Gasteiger partial charge in [-0.15, -0.1) is 0 Å². The van der Waals surface area contributed by atoms with Gasteiger partial charge in [-0.25, -0.2) is 17.1 Å². The van der Waals surface area contributed by atoms with Crippen LogP contribution >= 0.6 is 0 Å². The molecule has 1 amide bonds. The molecule has 0 saturated carbocycles. The predicted molar refractivity (Wildman–Crippen MR) is 89.9 cm³/mol. The normalized spacial score (nSPS) is 26.8. The maximum absolute atomic E-state index is 13.6. The number of carbonyl (C=O) groups is 1. The van der Waals surface area contributed by atoms with Gasteiger partial charge in [-0.3, -0.25) is 4.79 Å². The van der Waals surface area contributed by atoms with E-state index in [1.807, 2.05) is 4.90 Å². The van der Waals surface area contributed by atoms with Crippen LogP contribution in [0.25, 0.3) is 0 Å². The van der Waals surface area contributed by atoms with E-state index in [-0.39, 0.29) is 24.5 Å². The summed E-state index contributed by atoms with van der Waals surface area (Å²) in [4.78, 5) is 14.6. The van der Waals surface area contributed by atoms with E-state index in [9.17, 15) is 17.6 Å². The SMILES string of the molecule is CN(Cc1ccc(C(=O)N2C3CCC2CC(F)C3)cc1)S(C)(=O)=O. The Hall–Kier alpha value is -1.47. The zero-order valence-corrected chi connectivity index (χ0v) is 14.8. The Morgan fingerprint density at radius 2 is 1.75 bits per heavy atom. The summed E-state index contributed by atoms with van der Waals surface area (Å²) in [6.07, 6.45) is 3.02. The molecule has 2 bridgehead atoms. The molecule has 0 aromatic heterocycles. The molecule has 0 radical (unpaired) electrons. The number of carbonyl (C=O) groups excluding carboxylic acids is 1. The first-order chi connectivity index (χ1) is 11.3. The van der Waals surface area contributed by atoms with E-state index in [4.69, 9.17) is 0 Å². The Morgan fingerprint density at radius 1 is 1.21 bits per heavy atom. The predicted octanol–water partition coefficient (Wildman–Crippen LogP) is 2.18. The van der Waals surface area contributed by atoms with E-state index in [0.717, 1.165) is 24.7 Å². The fourth-order valence-electron chi connectivity index (χ4n) is 3.72. The number of benzene rings is 1. The third-order valence-electron chi connectivity index (χ3n) is 5.08. The summed E-state index contributed by atoms with van der Waals surface area (Å²) in [6.45, 7) is 0.270. The second-order valence-corrected chi connectivity index (χ2v) is 8.97. The van der Waals surface area contributed by atoms with Crippen molar-refractivity contribution in [3.05, 3.63) is 35.4 Å². The molecule has 0 N–H and O–H groups in total. The van der Waals surface area contributed by atoms with Crippen LogP contribution in [0.1, 0.15) is 41.6 Å². The highest BCUT2D eigenvalue weighted by atomic mass is 32.2. The van der Waals surface area contributed by atoms with Crippen molar-refractivity contribution < 1.29 is 17.6 Å². The fourth-order valence-corrected chi connectivity index (χ4v) is 4.10. The van der Waals surface area contributed by atoms with Crippen molar-refractivity contribution in [1.29, 1.82) is 0 Å². The van der Waals surface area contributed by atoms with Crippen LogP contribution in [0.2, 0.25) is 0 Å². The smallest absolute Gasteiger partial charge is 0.254 e. The molecule has 0 spiro atoms. The molecule has 2 heterocycles. The third-order valence-corrected chi connectivity index (χ3v) is 6.34. The molecule has 2 saturated heterocycles. The van der Waals surface area contributed by atoms with E-state index in [1.165, 1.54) is 11.4 Å². The number of piperidine rings is 1. The first-order valence-electron chi connectivity index (χ1n) is 8.22. The molecule has 7 heteroatoms. The molecule has 5 nitrogen and oxygen atoms in total. The Morgan fingerprint density at radius 3 is 2.25 bits per heavy atom. The fraction of sp³-hybridized carbons (Fsp3) is 0.588. The van der Waals surface area contributed by atoms with Gasteiger partial charge in [0.05, 0.1) is 6.26 Å². The van der Waals surface area contributed by atoms with Gasteiger partial charge >= 0.3 is 0 Å². The summed E-state index contributed by atoms with van der Waals surface area (Å²) in [6, 6.07) is 7.05. The molecule has 2 atom stereocenters. The lowest BCUT2D eigenvalue weighted by atomic mass is 9.99. The highest BCUT2D eigenvalue weighted by Crippen LogP contribution is 2.37. The van der Waals surface area contributed by atoms with Crippen LogP contribution in [0.3, 0.4) is 0 Å².